The molecule has 33 heavy (non-hydrogen) atoms. The first-order chi connectivity index (χ1) is 15.9. The summed E-state index contributed by atoms with van der Waals surface area (Å²) in [6.07, 6.45) is 0. The fraction of sp³-hybridized carbons (Fsp3) is 0.200. The number of hydrogen-bond acceptors (Lipinski definition) is 5. The van der Waals surface area contributed by atoms with Gasteiger partial charge in [-0.15, -0.1) is 0 Å². The second-order valence-electron chi connectivity index (χ2n) is 8.24. The van der Waals surface area contributed by atoms with Gasteiger partial charge in [0.15, 0.2) is 0 Å². The average molecular weight is 441 g/mol. The van der Waals surface area contributed by atoms with Crippen molar-refractivity contribution in [1.29, 1.82) is 0 Å². The maximum Gasteiger partial charge on any atom is 0.249 e. The lowest BCUT2D eigenvalue weighted by Crippen LogP contribution is -2.22. The molecule has 0 saturated carbocycles. The number of benzene rings is 2. The van der Waals surface area contributed by atoms with Crippen LogP contribution in [0.15, 0.2) is 54.6 Å². The van der Waals surface area contributed by atoms with Crippen LogP contribution in [0.25, 0.3) is 16.9 Å². The summed E-state index contributed by atoms with van der Waals surface area (Å²) in [4.78, 5) is 35.4. The summed E-state index contributed by atoms with van der Waals surface area (Å²) in [5.74, 6) is 0.714. The minimum atomic E-state index is -0.477. The molecule has 3 heterocycles. The maximum absolute atomic E-state index is 12.1. The van der Waals surface area contributed by atoms with E-state index in [1.807, 2.05) is 54.0 Å². The van der Waals surface area contributed by atoms with Crippen molar-refractivity contribution in [3.05, 3.63) is 82.7 Å². The Hall–Kier alpha value is -4.20. The lowest BCUT2D eigenvalue weighted by atomic mass is 10.1. The summed E-state index contributed by atoms with van der Waals surface area (Å²) >= 11 is 0. The SMILES string of the molecule is CC(=O)N1Cc2nc(-n3c(C)cc4c(C(N)=O)cccc43)nc(NCc3ccccc3)c2C1. The van der Waals surface area contributed by atoms with E-state index in [2.05, 4.69) is 5.32 Å². The summed E-state index contributed by atoms with van der Waals surface area (Å²) in [5, 5.41) is 4.20. The zero-order valence-corrected chi connectivity index (χ0v) is 18.5. The number of carbonyl (C=O) groups is 2. The molecule has 1 aliphatic rings. The Morgan fingerprint density at radius 2 is 1.85 bits per heavy atom. The van der Waals surface area contributed by atoms with Gasteiger partial charge in [-0.25, -0.2) is 4.98 Å². The molecule has 5 rings (SSSR count). The van der Waals surface area contributed by atoms with Crippen molar-refractivity contribution >= 4 is 28.5 Å². The third kappa shape index (κ3) is 3.69. The van der Waals surface area contributed by atoms with Crippen LogP contribution in [0.2, 0.25) is 0 Å². The number of aromatic nitrogens is 3. The van der Waals surface area contributed by atoms with Crippen molar-refractivity contribution in [3.63, 3.8) is 0 Å². The highest BCUT2D eigenvalue weighted by atomic mass is 16.2. The Labute approximate surface area is 191 Å². The van der Waals surface area contributed by atoms with Gasteiger partial charge in [-0.1, -0.05) is 36.4 Å². The molecule has 8 nitrogen and oxygen atoms in total. The predicted molar refractivity (Wildman–Crippen MR) is 126 cm³/mol. The first-order valence-corrected chi connectivity index (χ1v) is 10.8. The van der Waals surface area contributed by atoms with Crippen molar-refractivity contribution in [3.8, 4) is 5.95 Å². The Bertz CT molecular complexity index is 1390. The van der Waals surface area contributed by atoms with Gasteiger partial charge in [-0.05, 0) is 30.7 Å². The molecule has 8 heteroatoms. The zero-order valence-electron chi connectivity index (χ0n) is 18.5. The van der Waals surface area contributed by atoms with Crippen LogP contribution in [0.4, 0.5) is 5.82 Å². The number of nitrogens with one attached hydrogen (secondary N) is 1. The molecule has 0 aliphatic carbocycles. The molecule has 0 bridgehead atoms. The Morgan fingerprint density at radius 3 is 2.58 bits per heavy atom. The molecule has 4 aromatic rings. The van der Waals surface area contributed by atoms with Gasteiger partial charge >= 0.3 is 0 Å². The van der Waals surface area contributed by atoms with Gasteiger partial charge in [0, 0.05) is 35.7 Å². The van der Waals surface area contributed by atoms with Gasteiger partial charge in [-0.2, -0.15) is 4.98 Å². The Balaban J connectivity index is 1.63. The van der Waals surface area contributed by atoms with Crippen LogP contribution in [-0.2, 0) is 24.4 Å². The van der Waals surface area contributed by atoms with E-state index >= 15 is 0 Å². The van der Waals surface area contributed by atoms with E-state index in [4.69, 9.17) is 15.7 Å². The van der Waals surface area contributed by atoms with E-state index in [0.717, 1.165) is 33.4 Å². The lowest BCUT2D eigenvalue weighted by molar-refractivity contribution is -0.129. The van der Waals surface area contributed by atoms with E-state index in [1.165, 1.54) is 0 Å². The van der Waals surface area contributed by atoms with Crippen molar-refractivity contribution in [2.75, 3.05) is 5.32 Å². The van der Waals surface area contributed by atoms with Gasteiger partial charge in [0.05, 0.1) is 24.3 Å². The molecule has 166 valence electrons. The second kappa shape index (κ2) is 8.05. The molecule has 3 N–H and O–H groups in total. The average Bonchev–Trinajstić information content (AvgIpc) is 3.38. The van der Waals surface area contributed by atoms with Gasteiger partial charge < -0.3 is 16.0 Å². The molecule has 2 amide bonds. The molecule has 2 aromatic heterocycles. The molecule has 0 fully saturated rings. The van der Waals surface area contributed by atoms with Gasteiger partial charge in [0.2, 0.25) is 17.8 Å². The minimum absolute atomic E-state index is 0.00254. The first-order valence-electron chi connectivity index (χ1n) is 10.8. The van der Waals surface area contributed by atoms with Crippen LogP contribution in [0, 0.1) is 6.92 Å². The van der Waals surface area contributed by atoms with Crippen LogP contribution in [-0.4, -0.2) is 31.2 Å². The van der Waals surface area contributed by atoms with E-state index in [1.54, 1.807) is 24.0 Å². The predicted octanol–water partition coefficient (Wildman–Crippen LogP) is 3.30. The number of primary amides is 1. The van der Waals surface area contributed by atoms with Gasteiger partial charge in [0.1, 0.15) is 5.82 Å². The number of carbonyl (C=O) groups excluding carboxylic acids is 2. The largest absolute Gasteiger partial charge is 0.366 e. The quantitative estimate of drug-likeness (QED) is 0.495. The van der Waals surface area contributed by atoms with Crippen LogP contribution in [0.5, 0.6) is 0 Å². The van der Waals surface area contributed by atoms with Crippen LogP contribution >= 0.6 is 0 Å². The highest BCUT2D eigenvalue weighted by Crippen LogP contribution is 2.31. The van der Waals surface area contributed by atoms with Crippen LogP contribution in [0.1, 0.15) is 39.8 Å². The molecular formula is C25H24N6O2. The number of amides is 2. The van der Waals surface area contributed by atoms with Gasteiger partial charge in [0.25, 0.3) is 0 Å². The molecule has 0 radical (unpaired) electrons. The van der Waals surface area contributed by atoms with Crippen LogP contribution in [0.3, 0.4) is 0 Å². The minimum Gasteiger partial charge on any atom is -0.366 e. The Kier molecular flexibility index (Phi) is 5.05. The molecule has 0 atom stereocenters. The van der Waals surface area contributed by atoms with Gasteiger partial charge in [-0.3, -0.25) is 14.2 Å². The lowest BCUT2D eigenvalue weighted by Gasteiger charge is -2.14. The summed E-state index contributed by atoms with van der Waals surface area (Å²) in [7, 11) is 0. The molecule has 0 unspecified atom stereocenters. The first kappa shape index (κ1) is 20.7. The second-order valence-corrected chi connectivity index (χ2v) is 8.24. The summed E-state index contributed by atoms with van der Waals surface area (Å²) in [6, 6.07) is 17.4. The van der Waals surface area contributed by atoms with E-state index in [-0.39, 0.29) is 5.91 Å². The van der Waals surface area contributed by atoms with Crippen molar-refractivity contribution in [2.45, 2.75) is 33.5 Å². The molecule has 1 aliphatic heterocycles. The van der Waals surface area contributed by atoms with E-state index in [0.29, 0.717) is 37.0 Å². The maximum atomic E-state index is 12.1. The van der Waals surface area contributed by atoms with Crippen LogP contribution < -0.4 is 11.1 Å². The fourth-order valence-electron chi connectivity index (χ4n) is 4.34. The fourth-order valence-corrected chi connectivity index (χ4v) is 4.34. The number of rotatable bonds is 5. The summed E-state index contributed by atoms with van der Waals surface area (Å²) in [6.45, 7) is 5.01. The number of anilines is 1. The third-order valence-electron chi connectivity index (χ3n) is 6.01. The highest BCUT2D eigenvalue weighted by molar-refractivity contribution is 6.06. The van der Waals surface area contributed by atoms with Crippen molar-refractivity contribution in [1.82, 2.24) is 19.4 Å². The van der Waals surface area contributed by atoms with Crippen molar-refractivity contribution < 1.29 is 9.59 Å². The zero-order chi connectivity index (χ0) is 23.1. The summed E-state index contributed by atoms with van der Waals surface area (Å²) in [5.41, 5.74) is 10.6. The number of hydrogen-bond donors (Lipinski definition) is 2. The standard InChI is InChI=1S/C25H24N6O2/c1-15-11-19-18(23(26)33)9-6-10-22(19)31(15)25-28-21-14-30(16(2)32)13-20(21)24(29-25)27-12-17-7-4-3-5-8-17/h3-11H,12-14H2,1-2H3,(H2,26,33)(H,27,28,29). The third-order valence-corrected chi connectivity index (χ3v) is 6.01. The van der Waals surface area contributed by atoms with E-state index < -0.39 is 5.91 Å². The number of nitrogens with two attached hydrogens (primary N) is 1. The Morgan fingerprint density at radius 1 is 1.06 bits per heavy atom. The van der Waals surface area contributed by atoms with E-state index in [9.17, 15) is 9.59 Å². The number of nitrogens with zero attached hydrogens (tertiary/aromatic N) is 4. The highest BCUT2D eigenvalue weighted by Gasteiger charge is 2.28. The summed E-state index contributed by atoms with van der Waals surface area (Å²) < 4.78 is 1.92. The normalized spacial score (nSPS) is 12.7. The molecule has 0 spiro atoms. The molecule has 0 saturated heterocycles. The topological polar surface area (TPSA) is 106 Å². The molecule has 2 aromatic carbocycles. The number of aryl methyl sites for hydroxylation is 1. The number of fused-ring (bicyclic) bond motifs is 2. The smallest absolute Gasteiger partial charge is 0.249 e. The molecular weight excluding hydrogens is 416 g/mol. The monoisotopic (exact) mass is 440 g/mol. The van der Waals surface area contributed by atoms with Crippen molar-refractivity contribution in [2.24, 2.45) is 5.73 Å².